The molecule has 0 saturated heterocycles. The lowest BCUT2D eigenvalue weighted by atomic mass is 9.94. The van der Waals surface area contributed by atoms with Gasteiger partial charge in [-0.15, -0.1) is 12.4 Å². The van der Waals surface area contributed by atoms with Gasteiger partial charge in [0.1, 0.15) is 0 Å². The number of carboxylic acid groups (broad SMARTS) is 1. The molecule has 0 spiro atoms. The van der Waals surface area contributed by atoms with E-state index < -0.39 is 5.97 Å². The predicted octanol–water partition coefficient (Wildman–Crippen LogP) is 2.00. The summed E-state index contributed by atoms with van der Waals surface area (Å²) >= 11 is 0. The third-order valence-electron chi connectivity index (χ3n) is 3.77. The minimum absolute atomic E-state index is 0. The number of halogens is 1. The van der Waals surface area contributed by atoms with E-state index in [-0.39, 0.29) is 31.4 Å². The van der Waals surface area contributed by atoms with Crippen molar-refractivity contribution < 1.29 is 14.7 Å². The van der Waals surface area contributed by atoms with Crippen LogP contribution in [0.2, 0.25) is 0 Å². The van der Waals surface area contributed by atoms with Crippen molar-refractivity contribution in [3.05, 3.63) is 0 Å². The summed E-state index contributed by atoms with van der Waals surface area (Å²) < 4.78 is 0. The molecule has 5 nitrogen and oxygen atoms in total. The first-order chi connectivity index (χ1) is 9.04. The molecule has 1 saturated carbocycles. The molecule has 0 atom stereocenters. The fraction of sp³-hybridized carbons (Fsp3) is 0.857. The van der Waals surface area contributed by atoms with Crippen molar-refractivity contribution in [2.45, 2.75) is 51.5 Å². The highest BCUT2D eigenvalue weighted by atomic mass is 35.5. The number of nitrogens with zero attached hydrogens (tertiary/aromatic N) is 2. The van der Waals surface area contributed by atoms with Gasteiger partial charge in [-0.05, 0) is 25.8 Å². The molecule has 1 fully saturated rings. The number of carbonyl (C=O) groups excluding carboxylic acids is 1. The fourth-order valence-electron chi connectivity index (χ4n) is 2.70. The van der Waals surface area contributed by atoms with Crippen LogP contribution in [0.5, 0.6) is 0 Å². The smallest absolute Gasteiger partial charge is 0.317 e. The molecule has 1 aliphatic rings. The number of carbonyl (C=O) groups is 2. The summed E-state index contributed by atoms with van der Waals surface area (Å²) in [5, 5.41) is 8.84. The number of amides is 1. The molecule has 0 aromatic heterocycles. The van der Waals surface area contributed by atoms with E-state index >= 15 is 0 Å². The normalized spacial score (nSPS) is 15.8. The topological polar surface area (TPSA) is 60.9 Å². The Balaban J connectivity index is 0.00000361. The molecule has 0 aromatic rings. The van der Waals surface area contributed by atoms with Gasteiger partial charge in [-0.2, -0.15) is 0 Å². The lowest BCUT2D eigenvalue weighted by Crippen LogP contribution is -2.45. The Labute approximate surface area is 127 Å². The lowest BCUT2D eigenvalue weighted by Gasteiger charge is -2.32. The number of likely N-dealkylation sites (N-methyl/N-ethyl adjacent to an activating group) is 1. The van der Waals surface area contributed by atoms with Gasteiger partial charge in [0.05, 0.1) is 13.1 Å². The number of hydrogen-bond donors (Lipinski definition) is 1. The average Bonchev–Trinajstić information content (AvgIpc) is 2.38. The Bertz CT molecular complexity index is 307. The first-order valence-corrected chi connectivity index (χ1v) is 7.24. The van der Waals surface area contributed by atoms with Crippen LogP contribution < -0.4 is 0 Å². The number of hydrogen-bond acceptors (Lipinski definition) is 3. The third kappa shape index (κ3) is 6.57. The molecule has 0 radical (unpaired) electrons. The maximum atomic E-state index is 12.2. The highest BCUT2D eigenvalue weighted by Gasteiger charge is 2.23. The standard InChI is InChI=1S/C14H26N2O3.ClH/c1-3-9-16(11-14(18)19)10-13(17)15(2)12-7-5-4-6-8-12;/h12H,3-11H2,1-2H3,(H,18,19);1H. The first-order valence-electron chi connectivity index (χ1n) is 7.24. The minimum Gasteiger partial charge on any atom is -0.480 e. The summed E-state index contributed by atoms with van der Waals surface area (Å²) in [6, 6.07) is 0.342. The second kappa shape index (κ2) is 10.00. The van der Waals surface area contributed by atoms with Crippen molar-refractivity contribution in [3.8, 4) is 0 Å². The molecular weight excluding hydrogens is 280 g/mol. The Morgan fingerprint density at radius 2 is 1.75 bits per heavy atom. The summed E-state index contributed by atoms with van der Waals surface area (Å²) in [6.07, 6.45) is 6.66. The lowest BCUT2D eigenvalue weighted by molar-refractivity contribution is -0.140. The van der Waals surface area contributed by atoms with E-state index in [1.807, 2.05) is 18.9 Å². The van der Waals surface area contributed by atoms with Gasteiger partial charge >= 0.3 is 5.97 Å². The Morgan fingerprint density at radius 3 is 2.25 bits per heavy atom. The van der Waals surface area contributed by atoms with Crippen LogP contribution in [0.4, 0.5) is 0 Å². The zero-order chi connectivity index (χ0) is 14.3. The molecule has 118 valence electrons. The SMILES string of the molecule is CCCN(CC(=O)O)CC(=O)N(C)C1CCCCC1.Cl. The van der Waals surface area contributed by atoms with E-state index in [0.717, 1.165) is 19.3 Å². The van der Waals surface area contributed by atoms with Gasteiger partial charge < -0.3 is 10.0 Å². The van der Waals surface area contributed by atoms with Crippen molar-refractivity contribution >= 4 is 24.3 Å². The molecule has 0 aromatic carbocycles. The molecule has 0 aliphatic heterocycles. The van der Waals surface area contributed by atoms with Gasteiger partial charge in [0.25, 0.3) is 0 Å². The monoisotopic (exact) mass is 306 g/mol. The van der Waals surface area contributed by atoms with Gasteiger partial charge in [-0.25, -0.2) is 0 Å². The summed E-state index contributed by atoms with van der Waals surface area (Å²) in [5.41, 5.74) is 0. The van der Waals surface area contributed by atoms with Crippen molar-refractivity contribution in [1.82, 2.24) is 9.80 Å². The molecule has 6 heteroatoms. The molecule has 1 aliphatic carbocycles. The van der Waals surface area contributed by atoms with Crippen LogP contribution in [0, 0.1) is 0 Å². The third-order valence-corrected chi connectivity index (χ3v) is 3.77. The predicted molar refractivity (Wildman–Crippen MR) is 81.3 cm³/mol. The molecule has 1 amide bonds. The Kier molecular flexibility index (Phi) is 9.59. The highest BCUT2D eigenvalue weighted by molar-refractivity contribution is 5.85. The highest BCUT2D eigenvalue weighted by Crippen LogP contribution is 2.21. The number of carboxylic acids is 1. The quantitative estimate of drug-likeness (QED) is 0.781. The van der Waals surface area contributed by atoms with E-state index in [1.165, 1.54) is 19.3 Å². The summed E-state index contributed by atoms with van der Waals surface area (Å²) in [7, 11) is 1.85. The van der Waals surface area contributed by atoms with Crippen LogP contribution in [0.25, 0.3) is 0 Å². The molecule has 20 heavy (non-hydrogen) atoms. The van der Waals surface area contributed by atoms with Gasteiger partial charge in [-0.3, -0.25) is 14.5 Å². The van der Waals surface area contributed by atoms with Crippen LogP contribution in [0.1, 0.15) is 45.4 Å². The zero-order valence-electron chi connectivity index (χ0n) is 12.5. The van der Waals surface area contributed by atoms with Crippen LogP contribution in [-0.4, -0.2) is 59.5 Å². The molecule has 1 rings (SSSR count). The summed E-state index contributed by atoms with van der Waals surface area (Å²) in [5.74, 6) is -0.830. The maximum Gasteiger partial charge on any atom is 0.317 e. The average molecular weight is 307 g/mol. The van der Waals surface area contributed by atoms with Crippen LogP contribution in [0.15, 0.2) is 0 Å². The second-order valence-electron chi connectivity index (χ2n) is 5.40. The number of rotatable bonds is 7. The van der Waals surface area contributed by atoms with E-state index in [2.05, 4.69) is 0 Å². The second-order valence-corrected chi connectivity index (χ2v) is 5.40. The largest absolute Gasteiger partial charge is 0.480 e. The summed E-state index contributed by atoms with van der Waals surface area (Å²) in [4.78, 5) is 26.5. The van der Waals surface area contributed by atoms with Crippen molar-refractivity contribution in [2.75, 3.05) is 26.7 Å². The van der Waals surface area contributed by atoms with Gasteiger partial charge in [0.15, 0.2) is 0 Å². The molecular formula is C14H27ClN2O3. The van der Waals surface area contributed by atoms with E-state index in [4.69, 9.17) is 5.11 Å². The molecule has 0 heterocycles. The Morgan fingerprint density at radius 1 is 1.15 bits per heavy atom. The van der Waals surface area contributed by atoms with Crippen molar-refractivity contribution in [2.24, 2.45) is 0 Å². The van der Waals surface area contributed by atoms with Gasteiger partial charge in [0.2, 0.25) is 5.91 Å². The fourth-order valence-corrected chi connectivity index (χ4v) is 2.70. The van der Waals surface area contributed by atoms with Crippen LogP contribution >= 0.6 is 12.4 Å². The van der Waals surface area contributed by atoms with Gasteiger partial charge in [0, 0.05) is 13.1 Å². The van der Waals surface area contributed by atoms with Crippen LogP contribution in [0.3, 0.4) is 0 Å². The molecule has 1 N–H and O–H groups in total. The number of aliphatic carboxylic acids is 1. The molecule has 0 unspecified atom stereocenters. The first kappa shape index (κ1) is 19.2. The summed E-state index contributed by atoms with van der Waals surface area (Å²) in [6.45, 7) is 2.80. The van der Waals surface area contributed by atoms with Crippen LogP contribution in [-0.2, 0) is 9.59 Å². The van der Waals surface area contributed by atoms with Crippen molar-refractivity contribution in [3.63, 3.8) is 0 Å². The maximum absolute atomic E-state index is 12.2. The minimum atomic E-state index is -0.874. The van der Waals surface area contributed by atoms with E-state index in [1.54, 1.807) is 4.90 Å². The van der Waals surface area contributed by atoms with E-state index in [9.17, 15) is 9.59 Å². The molecule has 0 bridgehead atoms. The van der Waals surface area contributed by atoms with E-state index in [0.29, 0.717) is 12.6 Å². The Hall–Kier alpha value is -0.810. The van der Waals surface area contributed by atoms with Gasteiger partial charge in [-0.1, -0.05) is 26.2 Å². The van der Waals surface area contributed by atoms with Crippen molar-refractivity contribution in [1.29, 1.82) is 0 Å². The zero-order valence-corrected chi connectivity index (χ0v) is 13.3.